The molecule has 3 rings (SSSR count). The van der Waals surface area contributed by atoms with Gasteiger partial charge in [-0.3, -0.25) is 0 Å². The zero-order chi connectivity index (χ0) is 19.1. The predicted molar refractivity (Wildman–Crippen MR) is 118 cm³/mol. The standard InChI is InChI=1S/C24H37ClFSi/c1-2-15-27-16-13-22(14-17-27)21-10-7-19(8-11-21)5-3-4-6-20-9-12-23(25)24(26)18-20/h9,12,18-19,21-22H,2-8,10-11,13-17H2,1H3. The smallest absolute Gasteiger partial charge is 0.142 e. The molecule has 1 aromatic carbocycles. The van der Waals surface area contributed by atoms with Crippen LogP contribution in [0.4, 0.5) is 4.39 Å². The lowest BCUT2D eigenvalue weighted by atomic mass is 9.73. The van der Waals surface area contributed by atoms with E-state index >= 15 is 0 Å². The molecule has 1 saturated carbocycles. The Hall–Kier alpha value is -0.343. The molecule has 0 bridgehead atoms. The molecule has 1 aromatic rings. The highest BCUT2D eigenvalue weighted by Crippen LogP contribution is 2.42. The number of unbranched alkanes of at least 4 members (excludes halogenated alkanes) is 1. The van der Waals surface area contributed by atoms with E-state index in [2.05, 4.69) is 6.92 Å². The minimum atomic E-state index is -0.279. The van der Waals surface area contributed by atoms with Crippen LogP contribution in [0.25, 0.3) is 0 Å². The fourth-order valence-corrected chi connectivity index (χ4v) is 8.66. The van der Waals surface area contributed by atoms with Crippen LogP contribution in [0.3, 0.4) is 0 Å². The summed E-state index contributed by atoms with van der Waals surface area (Å²) in [5.41, 5.74) is 1.09. The fourth-order valence-electron chi connectivity index (χ4n) is 5.53. The maximum absolute atomic E-state index is 13.5. The van der Waals surface area contributed by atoms with Crippen molar-refractivity contribution in [1.82, 2.24) is 0 Å². The van der Waals surface area contributed by atoms with Gasteiger partial charge in [-0.05, 0) is 61.1 Å². The molecule has 0 nitrogen and oxygen atoms in total. The molecular formula is C24H37ClFSi. The Morgan fingerprint density at radius 3 is 2.37 bits per heavy atom. The average molecular weight is 408 g/mol. The van der Waals surface area contributed by atoms with Crippen LogP contribution >= 0.6 is 11.6 Å². The van der Waals surface area contributed by atoms with Crippen molar-refractivity contribution in [3.05, 3.63) is 34.6 Å². The second-order valence-electron chi connectivity index (χ2n) is 9.11. The molecule has 1 saturated heterocycles. The summed E-state index contributed by atoms with van der Waals surface area (Å²) in [6.45, 7) is 2.36. The third-order valence-electron chi connectivity index (χ3n) is 7.21. The second kappa shape index (κ2) is 11.0. The van der Waals surface area contributed by atoms with Crippen molar-refractivity contribution >= 4 is 20.4 Å². The quantitative estimate of drug-likeness (QED) is 0.300. The van der Waals surface area contributed by atoms with Gasteiger partial charge in [0.05, 0.1) is 5.02 Å². The van der Waals surface area contributed by atoms with Crippen molar-refractivity contribution in [3.63, 3.8) is 0 Å². The first-order valence-electron chi connectivity index (χ1n) is 11.4. The van der Waals surface area contributed by atoms with Crippen molar-refractivity contribution < 1.29 is 4.39 Å². The Bertz CT molecular complexity index is 559. The van der Waals surface area contributed by atoms with Crippen molar-refractivity contribution in [2.45, 2.75) is 95.7 Å². The monoisotopic (exact) mass is 407 g/mol. The first kappa shape index (κ1) is 21.4. The zero-order valence-corrected chi connectivity index (χ0v) is 18.9. The minimum absolute atomic E-state index is 0.0469. The molecule has 0 spiro atoms. The second-order valence-corrected chi connectivity index (χ2v) is 12.5. The molecule has 2 aliphatic rings. The van der Waals surface area contributed by atoms with Gasteiger partial charge in [0.1, 0.15) is 5.82 Å². The lowest BCUT2D eigenvalue weighted by Gasteiger charge is -2.37. The lowest BCUT2D eigenvalue weighted by Crippen LogP contribution is -2.28. The molecule has 0 aromatic heterocycles. The first-order chi connectivity index (χ1) is 13.2. The van der Waals surface area contributed by atoms with Crippen molar-refractivity contribution in [3.8, 4) is 0 Å². The fraction of sp³-hybridized carbons (Fsp3) is 0.750. The molecular weight excluding hydrogens is 371 g/mol. The van der Waals surface area contributed by atoms with Gasteiger partial charge in [0.25, 0.3) is 0 Å². The van der Waals surface area contributed by atoms with E-state index in [1.54, 1.807) is 43.1 Å². The maximum Gasteiger partial charge on any atom is 0.142 e. The van der Waals surface area contributed by atoms with Gasteiger partial charge in [-0.15, -0.1) is 0 Å². The van der Waals surface area contributed by atoms with Gasteiger partial charge in [-0.25, -0.2) is 4.39 Å². The maximum atomic E-state index is 13.5. The van der Waals surface area contributed by atoms with E-state index in [1.807, 2.05) is 6.07 Å². The van der Waals surface area contributed by atoms with E-state index in [-0.39, 0.29) is 19.6 Å². The molecule has 3 heteroatoms. The van der Waals surface area contributed by atoms with E-state index in [9.17, 15) is 4.39 Å². The molecule has 0 unspecified atom stereocenters. The molecule has 1 radical (unpaired) electrons. The number of benzene rings is 1. The van der Waals surface area contributed by atoms with Crippen LogP contribution in [-0.4, -0.2) is 8.80 Å². The van der Waals surface area contributed by atoms with Gasteiger partial charge in [-0.2, -0.15) is 0 Å². The SMILES string of the molecule is CCC[Si]1CCC(C2CCC(CCCCc3ccc(Cl)c(F)c3)CC2)CC1. The molecule has 151 valence electrons. The van der Waals surface area contributed by atoms with E-state index in [0.717, 1.165) is 29.7 Å². The summed E-state index contributed by atoms with van der Waals surface area (Å²) in [5.74, 6) is 2.78. The number of aryl methyl sites for hydroxylation is 1. The Balaban J connectivity index is 1.29. The molecule has 2 fully saturated rings. The Labute approximate surface area is 172 Å². The summed E-state index contributed by atoms with van der Waals surface area (Å²) in [7, 11) is 0.0469. The van der Waals surface area contributed by atoms with Crippen LogP contribution in [0.1, 0.15) is 76.7 Å². The lowest BCUT2D eigenvalue weighted by molar-refractivity contribution is 0.184. The number of rotatable bonds is 8. The van der Waals surface area contributed by atoms with Gasteiger partial charge >= 0.3 is 0 Å². The highest BCUT2D eigenvalue weighted by Gasteiger charge is 2.30. The first-order valence-corrected chi connectivity index (χ1v) is 13.9. The topological polar surface area (TPSA) is 0 Å². The molecule has 27 heavy (non-hydrogen) atoms. The molecule has 0 N–H and O–H groups in total. The van der Waals surface area contributed by atoms with Gasteiger partial charge in [0, 0.05) is 8.80 Å². The van der Waals surface area contributed by atoms with E-state index < -0.39 is 0 Å². The third kappa shape index (κ3) is 6.60. The van der Waals surface area contributed by atoms with Gasteiger partial charge in [0.2, 0.25) is 0 Å². The van der Waals surface area contributed by atoms with Crippen molar-refractivity contribution in [2.24, 2.45) is 17.8 Å². The van der Waals surface area contributed by atoms with Crippen LogP contribution < -0.4 is 0 Å². The van der Waals surface area contributed by atoms with Crippen molar-refractivity contribution in [1.29, 1.82) is 0 Å². The number of hydrogen-bond acceptors (Lipinski definition) is 0. The Morgan fingerprint density at radius 2 is 1.70 bits per heavy atom. The van der Waals surface area contributed by atoms with Gasteiger partial charge < -0.3 is 0 Å². The summed E-state index contributed by atoms with van der Waals surface area (Å²) in [6, 6.07) is 10.0. The highest BCUT2D eigenvalue weighted by molar-refractivity contribution is 6.58. The van der Waals surface area contributed by atoms with Crippen LogP contribution in [0.2, 0.25) is 23.2 Å². The van der Waals surface area contributed by atoms with Gasteiger partial charge in [0.15, 0.2) is 0 Å². The largest absolute Gasteiger partial charge is 0.205 e. The summed E-state index contributed by atoms with van der Waals surface area (Å²) in [4.78, 5) is 0. The summed E-state index contributed by atoms with van der Waals surface area (Å²) in [6.07, 6.45) is 15.2. The molecule has 0 amide bonds. The summed E-state index contributed by atoms with van der Waals surface area (Å²) in [5, 5.41) is 0.232. The van der Waals surface area contributed by atoms with Crippen molar-refractivity contribution in [2.75, 3.05) is 0 Å². The normalized spacial score (nSPS) is 25.0. The Kier molecular flexibility index (Phi) is 8.71. The van der Waals surface area contributed by atoms with Crippen LogP contribution in [0, 0.1) is 23.6 Å². The molecule has 0 atom stereocenters. The van der Waals surface area contributed by atoms with E-state index in [4.69, 9.17) is 11.6 Å². The number of halogens is 2. The predicted octanol–water partition coefficient (Wildman–Crippen LogP) is 8.31. The van der Waals surface area contributed by atoms with Gasteiger partial charge in [-0.1, -0.05) is 87.7 Å². The van der Waals surface area contributed by atoms with Crippen LogP contribution in [0.5, 0.6) is 0 Å². The summed E-state index contributed by atoms with van der Waals surface area (Å²) >= 11 is 5.76. The minimum Gasteiger partial charge on any atom is -0.205 e. The van der Waals surface area contributed by atoms with Crippen LogP contribution in [-0.2, 0) is 6.42 Å². The van der Waals surface area contributed by atoms with E-state index in [1.165, 1.54) is 51.4 Å². The third-order valence-corrected chi connectivity index (χ3v) is 10.7. The number of hydrogen-bond donors (Lipinski definition) is 0. The summed E-state index contributed by atoms with van der Waals surface area (Å²) < 4.78 is 13.5. The van der Waals surface area contributed by atoms with E-state index in [0.29, 0.717) is 0 Å². The Morgan fingerprint density at radius 1 is 1.00 bits per heavy atom. The molecule has 1 heterocycles. The van der Waals surface area contributed by atoms with Crippen LogP contribution in [0.15, 0.2) is 18.2 Å². The zero-order valence-electron chi connectivity index (χ0n) is 17.1. The molecule has 1 aliphatic heterocycles. The average Bonchev–Trinajstić information content (AvgIpc) is 2.69. The molecule has 1 aliphatic carbocycles. The highest BCUT2D eigenvalue weighted by atomic mass is 35.5.